The number of hydrogen-bond donors (Lipinski definition) is 1. The van der Waals surface area contributed by atoms with Crippen molar-refractivity contribution in [2.75, 3.05) is 46.2 Å². The van der Waals surface area contributed by atoms with Crippen LogP contribution in [0, 0.1) is 0 Å². The zero-order chi connectivity index (χ0) is 19.8. The lowest BCUT2D eigenvalue weighted by atomic mass is 10.1. The van der Waals surface area contributed by atoms with E-state index in [1.807, 2.05) is 68.3 Å². The van der Waals surface area contributed by atoms with Crippen molar-refractivity contribution in [1.82, 2.24) is 20.2 Å². The highest BCUT2D eigenvalue weighted by molar-refractivity contribution is 7.98. The number of hydrogen-bond acceptors (Lipinski definition) is 6. The number of likely N-dealkylation sites (N-methyl/N-ethyl adjacent to an activating group) is 1. The average molecular weight is 388 g/mol. The van der Waals surface area contributed by atoms with Crippen LogP contribution in [0.4, 0.5) is 5.82 Å². The molecule has 0 aliphatic carbocycles. The van der Waals surface area contributed by atoms with Crippen LogP contribution < -0.4 is 10.2 Å². The van der Waals surface area contributed by atoms with Crippen molar-refractivity contribution in [2.45, 2.75) is 24.3 Å². The molecule has 0 radical (unpaired) electrons. The summed E-state index contributed by atoms with van der Waals surface area (Å²) in [7, 11) is 7.94. The normalized spacial score (nSPS) is 10.9. The monoisotopic (exact) mass is 387 g/mol. The van der Waals surface area contributed by atoms with E-state index in [0.717, 1.165) is 41.0 Å². The molecule has 0 aliphatic heterocycles. The Labute approximate surface area is 166 Å². The molecule has 146 valence electrons. The van der Waals surface area contributed by atoms with Crippen molar-refractivity contribution < 1.29 is 4.79 Å². The summed E-state index contributed by atoms with van der Waals surface area (Å²) in [6.07, 6.45) is 0.883. The van der Waals surface area contributed by atoms with Crippen LogP contribution in [0.5, 0.6) is 0 Å². The van der Waals surface area contributed by atoms with Gasteiger partial charge in [-0.05, 0) is 38.2 Å². The molecule has 0 fully saturated rings. The Morgan fingerprint density at radius 2 is 1.81 bits per heavy atom. The molecule has 0 saturated carbocycles. The third-order valence-electron chi connectivity index (χ3n) is 3.99. The lowest BCUT2D eigenvalue weighted by molar-refractivity contribution is 0.0951. The molecule has 1 aromatic carbocycles. The van der Waals surface area contributed by atoms with Gasteiger partial charge in [0.05, 0.1) is 0 Å². The van der Waals surface area contributed by atoms with Crippen molar-refractivity contribution in [1.29, 1.82) is 0 Å². The molecular weight excluding hydrogens is 358 g/mol. The smallest absolute Gasteiger partial charge is 0.251 e. The van der Waals surface area contributed by atoms with Crippen LogP contribution in [-0.2, 0) is 12.2 Å². The first-order valence-electron chi connectivity index (χ1n) is 9.09. The maximum Gasteiger partial charge on any atom is 0.251 e. The molecule has 1 aromatic heterocycles. The fourth-order valence-corrected chi connectivity index (χ4v) is 3.16. The highest BCUT2D eigenvalue weighted by Gasteiger charge is 2.08. The van der Waals surface area contributed by atoms with Gasteiger partial charge >= 0.3 is 0 Å². The number of carbonyl (C=O) groups excluding carboxylic acids is 1. The maximum absolute atomic E-state index is 12.1. The number of benzene rings is 1. The highest BCUT2D eigenvalue weighted by atomic mass is 32.2. The van der Waals surface area contributed by atoms with E-state index in [-0.39, 0.29) is 5.91 Å². The molecule has 2 rings (SSSR count). The van der Waals surface area contributed by atoms with Gasteiger partial charge in [-0.3, -0.25) is 4.79 Å². The van der Waals surface area contributed by atoms with Crippen LogP contribution in [0.25, 0.3) is 0 Å². The van der Waals surface area contributed by atoms with Gasteiger partial charge in [0.15, 0.2) is 5.16 Å². The van der Waals surface area contributed by atoms with Crippen LogP contribution in [0.2, 0.25) is 0 Å². The van der Waals surface area contributed by atoms with Crippen LogP contribution in [0.3, 0.4) is 0 Å². The standard InChI is InChI=1S/C20H29N5OS/c1-6-17-13-18(25(4)5)23-20(22-17)27-14-15-7-9-16(10-8-15)19(26)21-11-12-24(2)3/h7-10,13H,6,11-12,14H2,1-5H3,(H,21,26). The minimum absolute atomic E-state index is 0.0364. The summed E-state index contributed by atoms with van der Waals surface area (Å²) < 4.78 is 0. The van der Waals surface area contributed by atoms with Crippen molar-refractivity contribution in [3.8, 4) is 0 Å². The highest BCUT2D eigenvalue weighted by Crippen LogP contribution is 2.22. The largest absolute Gasteiger partial charge is 0.363 e. The lowest BCUT2D eigenvalue weighted by Crippen LogP contribution is -2.31. The first kappa shape index (κ1) is 21.2. The van der Waals surface area contributed by atoms with Gasteiger partial charge in [0.25, 0.3) is 5.91 Å². The van der Waals surface area contributed by atoms with Crippen molar-refractivity contribution in [2.24, 2.45) is 0 Å². The third kappa shape index (κ3) is 6.84. The third-order valence-corrected chi connectivity index (χ3v) is 4.91. The first-order chi connectivity index (χ1) is 12.9. The fourth-order valence-electron chi connectivity index (χ4n) is 2.33. The van der Waals surface area contributed by atoms with E-state index in [1.54, 1.807) is 11.8 Å². The van der Waals surface area contributed by atoms with E-state index in [0.29, 0.717) is 12.1 Å². The molecule has 1 amide bonds. The molecule has 0 spiro atoms. The Morgan fingerprint density at radius 3 is 2.41 bits per heavy atom. The number of rotatable bonds is 9. The number of thioether (sulfide) groups is 1. The molecule has 27 heavy (non-hydrogen) atoms. The minimum Gasteiger partial charge on any atom is -0.363 e. The molecule has 0 atom stereocenters. The Kier molecular flexibility index (Phi) is 8.06. The summed E-state index contributed by atoms with van der Waals surface area (Å²) in [5.74, 6) is 1.66. The molecule has 1 N–H and O–H groups in total. The van der Waals surface area contributed by atoms with Gasteiger partial charge in [0, 0.05) is 50.3 Å². The second-order valence-electron chi connectivity index (χ2n) is 6.79. The second-order valence-corrected chi connectivity index (χ2v) is 7.74. The SMILES string of the molecule is CCc1cc(N(C)C)nc(SCc2ccc(C(=O)NCCN(C)C)cc2)n1. The summed E-state index contributed by atoms with van der Waals surface area (Å²) in [5, 5.41) is 3.71. The molecule has 6 nitrogen and oxygen atoms in total. The Hall–Kier alpha value is -2.12. The second kappa shape index (κ2) is 10.3. The molecule has 0 aliphatic rings. The molecular formula is C20H29N5OS. The quantitative estimate of drug-likeness (QED) is 0.527. The van der Waals surface area contributed by atoms with Crippen molar-refractivity contribution >= 4 is 23.5 Å². The predicted molar refractivity (Wildman–Crippen MR) is 113 cm³/mol. The lowest BCUT2D eigenvalue weighted by Gasteiger charge is -2.13. The molecule has 7 heteroatoms. The molecule has 0 bridgehead atoms. The van der Waals surface area contributed by atoms with Gasteiger partial charge in [-0.15, -0.1) is 0 Å². The number of aryl methyl sites for hydroxylation is 1. The molecule has 0 saturated heterocycles. The molecule has 1 heterocycles. The van der Waals surface area contributed by atoms with Gasteiger partial charge in [-0.1, -0.05) is 30.8 Å². The zero-order valence-corrected chi connectivity index (χ0v) is 17.6. The number of anilines is 1. The van der Waals surface area contributed by atoms with Gasteiger partial charge in [-0.2, -0.15) is 0 Å². The number of nitrogens with zero attached hydrogens (tertiary/aromatic N) is 4. The van der Waals surface area contributed by atoms with Gasteiger partial charge in [0.1, 0.15) is 5.82 Å². The van der Waals surface area contributed by atoms with Crippen molar-refractivity contribution in [3.63, 3.8) is 0 Å². The van der Waals surface area contributed by atoms with Crippen LogP contribution in [0.15, 0.2) is 35.5 Å². The van der Waals surface area contributed by atoms with Crippen LogP contribution in [0.1, 0.15) is 28.5 Å². The maximum atomic E-state index is 12.1. The topological polar surface area (TPSA) is 61.4 Å². The van der Waals surface area contributed by atoms with E-state index in [2.05, 4.69) is 22.2 Å². The van der Waals surface area contributed by atoms with E-state index >= 15 is 0 Å². The Morgan fingerprint density at radius 1 is 1.11 bits per heavy atom. The summed E-state index contributed by atoms with van der Waals surface area (Å²) in [6.45, 7) is 3.56. The van der Waals surface area contributed by atoms with E-state index < -0.39 is 0 Å². The van der Waals surface area contributed by atoms with Gasteiger partial charge in [-0.25, -0.2) is 9.97 Å². The number of carbonyl (C=O) groups is 1. The zero-order valence-electron chi connectivity index (χ0n) is 16.8. The van der Waals surface area contributed by atoms with Crippen LogP contribution in [-0.4, -0.2) is 62.1 Å². The molecule has 0 unspecified atom stereocenters. The van der Waals surface area contributed by atoms with E-state index in [4.69, 9.17) is 0 Å². The van der Waals surface area contributed by atoms with Crippen molar-refractivity contribution in [3.05, 3.63) is 47.2 Å². The van der Waals surface area contributed by atoms with Crippen LogP contribution >= 0.6 is 11.8 Å². The number of nitrogens with one attached hydrogen (secondary N) is 1. The average Bonchev–Trinajstić information content (AvgIpc) is 2.66. The Bertz CT molecular complexity index is 747. The van der Waals surface area contributed by atoms with E-state index in [9.17, 15) is 4.79 Å². The number of amides is 1. The summed E-state index contributed by atoms with van der Waals surface area (Å²) in [6, 6.07) is 9.74. The van der Waals surface area contributed by atoms with Gasteiger partial charge < -0.3 is 15.1 Å². The summed E-state index contributed by atoms with van der Waals surface area (Å²) in [4.78, 5) is 25.4. The fraction of sp³-hybridized carbons (Fsp3) is 0.450. The number of aromatic nitrogens is 2. The first-order valence-corrected chi connectivity index (χ1v) is 10.1. The predicted octanol–water partition coefficient (Wildman–Crippen LogP) is 2.69. The summed E-state index contributed by atoms with van der Waals surface area (Å²) >= 11 is 1.61. The Balaban J connectivity index is 1.95. The molecule has 2 aromatic rings. The van der Waals surface area contributed by atoms with Gasteiger partial charge in [0.2, 0.25) is 0 Å². The minimum atomic E-state index is -0.0364. The van der Waals surface area contributed by atoms with E-state index in [1.165, 1.54) is 0 Å². The summed E-state index contributed by atoms with van der Waals surface area (Å²) in [5.41, 5.74) is 2.87.